The van der Waals surface area contributed by atoms with Crippen molar-refractivity contribution in [2.24, 2.45) is 0 Å². The number of nitrogens with zero attached hydrogens (tertiary/aromatic N) is 1. The third kappa shape index (κ3) is 1.39. The number of aliphatic hydroxyl groups is 1. The lowest BCUT2D eigenvalue weighted by atomic mass is 10.4. The van der Waals surface area contributed by atoms with Crippen LogP contribution in [-0.4, -0.2) is 16.0 Å². The summed E-state index contributed by atoms with van der Waals surface area (Å²) >= 11 is 0. The third-order valence-corrected chi connectivity index (χ3v) is 1.64. The van der Waals surface area contributed by atoms with Crippen LogP contribution in [0.5, 0.6) is 0 Å². The van der Waals surface area contributed by atoms with E-state index in [1.165, 1.54) is 0 Å². The molecule has 0 aliphatic heterocycles. The summed E-state index contributed by atoms with van der Waals surface area (Å²) in [6.07, 6.45) is 5.82. The summed E-state index contributed by atoms with van der Waals surface area (Å²) in [5.74, 6) is 2.41. The molecule has 0 fully saturated rings. The molecule has 12 heavy (non-hydrogen) atoms. The highest BCUT2D eigenvalue weighted by molar-refractivity contribution is 5.72. The fourth-order valence-electron chi connectivity index (χ4n) is 1.05. The molecule has 3 heteroatoms. The predicted molar refractivity (Wildman–Crippen MR) is 44.6 cm³/mol. The van der Waals surface area contributed by atoms with Gasteiger partial charge in [-0.1, -0.05) is 5.92 Å². The summed E-state index contributed by atoms with van der Waals surface area (Å²) in [5, 5.41) is 8.85. The highest BCUT2D eigenvalue weighted by atomic mass is 16.3. The summed E-state index contributed by atoms with van der Waals surface area (Å²) in [7, 11) is 0. The van der Waals surface area contributed by atoms with E-state index in [0.29, 0.717) is 17.9 Å². The molecule has 0 aliphatic carbocycles. The largest absolute Gasteiger partial charge is 0.390 e. The zero-order chi connectivity index (χ0) is 8.97. The minimum absolute atomic E-state index is 0.102. The van der Waals surface area contributed by atoms with Crippen molar-refractivity contribution in [3.8, 4) is 12.3 Å². The summed E-state index contributed by atoms with van der Waals surface area (Å²) in [6, 6.07) is 3.32. The van der Waals surface area contributed by atoms with Crippen LogP contribution < -0.4 is 0 Å². The van der Waals surface area contributed by atoms with Gasteiger partial charge in [0.2, 0.25) is 0 Å². The second-order valence-electron chi connectivity index (χ2n) is 2.32. The van der Waals surface area contributed by atoms with Crippen LogP contribution in [0, 0.1) is 12.3 Å². The zero-order valence-corrected chi connectivity index (χ0v) is 6.53. The van der Waals surface area contributed by atoms with E-state index in [-0.39, 0.29) is 6.61 Å². The van der Waals surface area contributed by atoms with Gasteiger partial charge in [0, 0.05) is 5.69 Å². The predicted octanol–water partition coefficient (Wildman–Crippen LogP) is 0.426. The maximum Gasteiger partial charge on any atom is 0.166 e. The Kier molecular flexibility index (Phi) is 2.67. The molecule has 1 heterocycles. The van der Waals surface area contributed by atoms with Crippen molar-refractivity contribution in [2.75, 3.05) is 0 Å². The summed E-state index contributed by atoms with van der Waals surface area (Å²) in [6.45, 7) is 0.215. The van der Waals surface area contributed by atoms with E-state index in [1.807, 2.05) is 0 Å². The summed E-state index contributed by atoms with van der Waals surface area (Å²) < 4.78 is 1.60. The number of carbonyl (C=O) groups is 1. The number of terminal acetylenes is 1. The molecule has 0 spiro atoms. The molecular weight excluding hydrogens is 154 g/mol. The molecule has 0 saturated carbocycles. The maximum absolute atomic E-state index is 10.5. The van der Waals surface area contributed by atoms with Gasteiger partial charge in [-0.25, -0.2) is 0 Å². The molecule has 1 rings (SSSR count). The smallest absolute Gasteiger partial charge is 0.166 e. The molecule has 1 aromatic rings. The first-order valence-electron chi connectivity index (χ1n) is 3.51. The van der Waals surface area contributed by atoms with Gasteiger partial charge in [0.15, 0.2) is 6.29 Å². The SMILES string of the molecule is C#CCn1c(C=O)ccc1CO. The molecule has 62 valence electrons. The molecule has 0 aliphatic rings. The van der Waals surface area contributed by atoms with Crippen LogP contribution in [0.1, 0.15) is 16.2 Å². The number of carbonyl (C=O) groups excluding carboxylic acids is 1. The first-order valence-corrected chi connectivity index (χ1v) is 3.51. The van der Waals surface area contributed by atoms with Crippen molar-refractivity contribution in [1.29, 1.82) is 0 Å². The van der Waals surface area contributed by atoms with Crippen LogP contribution in [0.15, 0.2) is 12.1 Å². The number of hydrogen-bond donors (Lipinski definition) is 1. The van der Waals surface area contributed by atoms with Crippen molar-refractivity contribution in [2.45, 2.75) is 13.2 Å². The molecule has 1 N–H and O–H groups in total. The van der Waals surface area contributed by atoms with Gasteiger partial charge in [0.1, 0.15) is 0 Å². The Bertz CT molecular complexity index is 320. The van der Waals surface area contributed by atoms with Gasteiger partial charge in [0.05, 0.1) is 18.8 Å². The Morgan fingerprint density at radius 2 is 2.42 bits per heavy atom. The number of aromatic nitrogens is 1. The Labute approximate surface area is 70.6 Å². The van der Waals surface area contributed by atoms with Crippen LogP contribution >= 0.6 is 0 Å². The van der Waals surface area contributed by atoms with Gasteiger partial charge in [-0.2, -0.15) is 0 Å². The molecule has 0 bridgehead atoms. The monoisotopic (exact) mass is 163 g/mol. The molecular formula is C9H9NO2. The second-order valence-corrected chi connectivity index (χ2v) is 2.32. The molecule has 0 amide bonds. The van der Waals surface area contributed by atoms with E-state index in [1.54, 1.807) is 16.7 Å². The van der Waals surface area contributed by atoms with Gasteiger partial charge in [-0.05, 0) is 12.1 Å². The Morgan fingerprint density at radius 1 is 1.67 bits per heavy atom. The molecule has 0 radical (unpaired) electrons. The van der Waals surface area contributed by atoms with E-state index >= 15 is 0 Å². The minimum Gasteiger partial charge on any atom is -0.390 e. The first-order chi connectivity index (χ1) is 5.83. The summed E-state index contributed by atoms with van der Waals surface area (Å²) in [5.41, 5.74) is 1.16. The fourth-order valence-corrected chi connectivity index (χ4v) is 1.05. The van der Waals surface area contributed by atoms with E-state index in [4.69, 9.17) is 11.5 Å². The van der Waals surface area contributed by atoms with Crippen LogP contribution in [0.4, 0.5) is 0 Å². The van der Waals surface area contributed by atoms with Gasteiger partial charge in [0.25, 0.3) is 0 Å². The van der Waals surface area contributed by atoms with Crippen LogP contribution in [0.3, 0.4) is 0 Å². The summed E-state index contributed by atoms with van der Waals surface area (Å²) in [4.78, 5) is 10.5. The van der Waals surface area contributed by atoms with Crippen molar-refractivity contribution in [3.63, 3.8) is 0 Å². The van der Waals surface area contributed by atoms with Crippen molar-refractivity contribution >= 4 is 6.29 Å². The van der Waals surface area contributed by atoms with Crippen molar-refractivity contribution < 1.29 is 9.90 Å². The number of hydrogen-bond acceptors (Lipinski definition) is 2. The van der Waals surface area contributed by atoms with E-state index < -0.39 is 0 Å². The first kappa shape index (κ1) is 8.57. The van der Waals surface area contributed by atoms with E-state index in [2.05, 4.69) is 5.92 Å². The van der Waals surface area contributed by atoms with Gasteiger partial charge < -0.3 is 9.67 Å². The van der Waals surface area contributed by atoms with E-state index in [9.17, 15) is 4.79 Å². The van der Waals surface area contributed by atoms with Crippen molar-refractivity contribution in [1.82, 2.24) is 4.57 Å². The molecule has 3 nitrogen and oxygen atoms in total. The fraction of sp³-hybridized carbons (Fsp3) is 0.222. The Balaban J connectivity index is 3.08. The van der Waals surface area contributed by atoms with Gasteiger partial charge in [-0.15, -0.1) is 6.42 Å². The lowest BCUT2D eigenvalue weighted by Gasteiger charge is -2.03. The van der Waals surface area contributed by atoms with E-state index in [0.717, 1.165) is 6.29 Å². The van der Waals surface area contributed by atoms with Crippen molar-refractivity contribution in [3.05, 3.63) is 23.5 Å². The normalized spacial score (nSPS) is 9.33. The number of aliphatic hydroxyl groups excluding tert-OH is 1. The average molecular weight is 163 g/mol. The number of aldehydes is 1. The Morgan fingerprint density at radius 3 is 2.92 bits per heavy atom. The lowest BCUT2D eigenvalue weighted by Crippen LogP contribution is -2.04. The topological polar surface area (TPSA) is 42.2 Å². The van der Waals surface area contributed by atoms with Crippen LogP contribution in [0.25, 0.3) is 0 Å². The molecule has 0 saturated heterocycles. The van der Waals surface area contributed by atoms with Gasteiger partial charge in [-0.3, -0.25) is 4.79 Å². The van der Waals surface area contributed by atoms with Crippen LogP contribution in [0.2, 0.25) is 0 Å². The maximum atomic E-state index is 10.5. The molecule has 0 atom stereocenters. The Hall–Kier alpha value is -1.53. The quantitative estimate of drug-likeness (QED) is 0.518. The zero-order valence-electron chi connectivity index (χ0n) is 6.53. The highest BCUT2D eigenvalue weighted by Gasteiger charge is 2.04. The molecule has 0 unspecified atom stereocenters. The molecule has 0 aromatic carbocycles. The third-order valence-electron chi connectivity index (χ3n) is 1.64. The van der Waals surface area contributed by atoms with Crippen LogP contribution in [-0.2, 0) is 13.2 Å². The standard InChI is InChI=1S/C9H9NO2/c1-2-5-10-8(6-11)3-4-9(10)7-12/h1,3-4,6,12H,5,7H2. The molecule has 1 aromatic heterocycles. The lowest BCUT2D eigenvalue weighted by molar-refractivity contribution is 0.111. The minimum atomic E-state index is -0.102. The second kappa shape index (κ2) is 3.74. The highest BCUT2D eigenvalue weighted by Crippen LogP contribution is 2.06. The average Bonchev–Trinajstić information content (AvgIpc) is 2.48. The van der Waals surface area contributed by atoms with Gasteiger partial charge >= 0.3 is 0 Å². The number of rotatable bonds is 3.